The minimum atomic E-state index is 0.479. The second-order valence-electron chi connectivity index (χ2n) is 2.81. The molecule has 1 aromatic carbocycles. The molecule has 0 unspecified atom stereocenters. The van der Waals surface area contributed by atoms with Gasteiger partial charge in [0.25, 0.3) is 0 Å². The van der Waals surface area contributed by atoms with Crippen LogP contribution in [0.25, 0.3) is 10.4 Å². The highest BCUT2D eigenvalue weighted by Crippen LogP contribution is 2.39. The predicted molar refractivity (Wildman–Crippen MR) is 67.0 cm³/mol. The van der Waals surface area contributed by atoms with Crippen molar-refractivity contribution in [2.24, 2.45) is 0 Å². The van der Waals surface area contributed by atoms with E-state index in [1.807, 2.05) is 0 Å². The van der Waals surface area contributed by atoms with E-state index in [4.69, 9.17) is 40.5 Å². The maximum Gasteiger partial charge on any atom is 0.180 e. The van der Waals surface area contributed by atoms with Gasteiger partial charge in [-0.15, -0.1) is 0 Å². The third-order valence-electron chi connectivity index (χ3n) is 1.78. The summed E-state index contributed by atoms with van der Waals surface area (Å²) in [6.45, 7) is 0. The summed E-state index contributed by atoms with van der Waals surface area (Å²) in [6.07, 6.45) is 1.64. The number of thiazole rings is 1. The summed E-state index contributed by atoms with van der Waals surface area (Å²) in [7, 11) is 0. The first-order valence-electron chi connectivity index (χ1n) is 3.94. The van der Waals surface area contributed by atoms with Crippen LogP contribution in [-0.2, 0) is 0 Å². The number of benzene rings is 1. The first-order chi connectivity index (χ1) is 7.08. The Morgan fingerprint density at radius 1 is 1.13 bits per heavy atom. The number of nitrogens with two attached hydrogens (primary N) is 1. The van der Waals surface area contributed by atoms with Crippen LogP contribution in [0.4, 0.5) is 5.13 Å². The highest BCUT2D eigenvalue weighted by atomic mass is 35.5. The summed E-state index contributed by atoms with van der Waals surface area (Å²) in [5.74, 6) is 0. The summed E-state index contributed by atoms with van der Waals surface area (Å²) in [6, 6.07) is 3.28. The monoisotopic (exact) mass is 278 g/mol. The molecule has 1 heterocycles. The molecule has 0 aliphatic heterocycles. The molecular weight excluding hydrogens is 275 g/mol. The van der Waals surface area contributed by atoms with Crippen LogP contribution in [0.5, 0.6) is 0 Å². The summed E-state index contributed by atoms with van der Waals surface area (Å²) < 4.78 is 0. The average Bonchev–Trinajstić information content (AvgIpc) is 2.49. The van der Waals surface area contributed by atoms with Crippen molar-refractivity contribution in [3.63, 3.8) is 0 Å². The van der Waals surface area contributed by atoms with Crippen LogP contribution in [-0.4, -0.2) is 4.98 Å². The number of hydrogen-bond donors (Lipinski definition) is 1. The quantitative estimate of drug-likeness (QED) is 0.842. The van der Waals surface area contributed by atoms with Crippen LogP contribution in [0.2, 0.25) is 15.1 Å². The van der Waals surface area contributed by atoms with Gasteiger partial charge in [0.15, 0.2) is 5.13 Å². The normalized spacial score (nSPS) is 10.6. The van der Waals surface area contributed by atoms with Crippen molar-refractivity contribution in [1.82, 2.24) is 4.98 Å². The third-order valence-corrected chi connectivity index (χ3v) is 3.44. The molecule has 0 aliphatic rings. The van der Waals surface area contributed by atoms with Gasteiger partial charge in [-0.25, -0.2) is 4.98 Å². The van der Waals surface area contributed by atoms with Crippen molar-refractivity contribution in [2.75, 3.05) is 5.73 Å². The van der Waals surface area contributed by atoms with E-state index >= 15 is 0 Å². The second-order valence-corrected chi connectivity index (χ2v) is 5.12. The van der Waals surface area contributed by atoms with E-state index < -0.39 is 0 Å². The van der Waals surface area contributed by atoms with E-state index in [1.165, 1.54) is 11.3 Å². The van der Waals surface area contributed by atoms with Crippen LogP contribution in [0.3, 0.4) is 0 Å². The lowest BCUT2D eigenvalue weighted by Crippen LogP contribution is -1.78. The average molecular weight is 280 g/mol. The van der Waals surface area contributed by atoms with Crippen molar-refractivity contribution in [3.05, 3.63) is 33.4 Å². The number of aromatic nitrogens is 1. The highest BCUT2D eigenvalue weighted by Gasteiger charge is 2.12. The Hall–Kier alpha value is -0.480. The number of hydrogen-bond acceptors (Lipinski definition) is 3. The highest BCUT2D eigenvalue weighted by molar-refractivity contribution is 7.18. The maximum atomic E-state index is 6.05. The molecule has 0 atom stereocenters. The molecule has 1 aromatic heterocycles. The number of nitrogen functional groups attached to an aromatic ring is 1. The molecule has 2 nitrogen and oxygen atoms in total. The first kappa shape index (κ1) is 11.0. The molecule has 0 bridgehead atoms. The Bertz CT molecular complexity index is 487. The number of nitrogens with zero attached hydrogens (tertiary/aromatic N) is 1. The minimum absolute atomic E-state index is 0.479. The van der Waals surface area contributed by atoms with Gasteiger partial charge in [-0.2, -0.15) is 0 Å². The molecule has 2 N–H and O–H groups in total. The molecule has 0 amide bonds. The van der Waals surface area contributed by atoms with Crippen LogP contribution < -0.4 is 5.73 Å². The van der Waals surface area contributed by atoms with E-state index in [-0.39, 0.29) is 0 Å². The molecular formula is C9H5Cl3N2S. The van der Waals surface area contributed by atoms with Gasteiger partial charge in [0, 0.05) is 16.8 Å². The molecule has 0 spiro atoms. The fraction of sp³-hybridized carbons (Fsp3) is 0. The Balaban J connectivity index is 2.62. The van der Waals surface area contributed by atoms with Gasteiger partial charge in [0.1, 0.15) is 0 Å². The fourth-order valence-electron chi connectivity index (χ4n) is 1.18. The molecule has 2 aromatic rings. The Kier molecular flexibility index (Phi) is 3.07. The topological polar surface area (TPSA) is 38.9 Å². The lowest BCUT2D eigenvalue weighted by Gasteiger charge is -2.04. The molecule has 0 aliphatic carbocycles. The van der Waals surface area contributed by atoms with Gasteiger partial charge < -0.3 is 5.73 Å². The first-order valence-corrected chi connectivity index (χ1v) is 5.89. The minimum Gasteiger partial charge on any atom is -0.375 e. The maximum absolute atomic E-state index is 6.05. The molecule has 0 saturated carbocycles. The standard InChI is InChI=1S/C9H5Cl3N2S/c10-4-1-5(11)8(6(12)2-4)7-3-14-9(13)15-7/h1-3H,(H2,13,14). The SMILES string of the molecule is Nc1ncc(-c2c(Cl)cc(Cl)cc2Cl)s1. The molecule has 0 saturated heterocycles. The zero-order chi connectivity index (χ0) is 11.0. The number of anilines is 1. The van der Waals surface area contributed by atoms with Crippen LogP contribution in [0.15, 0.2) is 18.3 Å². The molecule has 15 heavy (non-hydrogen) atoms. The van der Waals surface area contributed by atoms with Gasteiger partial charge in [-0.05, 0) is 12.1 Å². The van der Waals surface area contributed by atoms with E-state index in [9.17, 15) is 0 Å². The second kappa shape index (κ2) is 4.18. The summed E-state index contributed by atoms with van der Waals surface area (Å²) in [5, 5.41) is 1.98. The fourth-order valence-corrected chi connectivity index (χ4v) is 3.07. The van der Waals surface area contributed by atoms with Gasteiger partial charge in [-0.3, -0.25) is 0 Å². The zero-order valence-electron chi connectivity index (χ0n) is 7.30. The van der Waals surface area contributed by atoms with Gasteiger partial charge in [-0.1, -0.05) is 46.1 Å². The Labute approximate surface area is 106 Å². The molecule has 78 valence electrons. The van der Waals surface area contributed by atoms with E-state index in [0.717, 1.165) is 10.4 Å². The zero-order valence-corrected chi connectivity index (χ0v) is 10.4. The largest absolute Gasteiger partial charge is 0.375 e. The van der Waals surface area contributed by atoms with Gasteiger partial charge in [0.2, 0.25) is 0 Å². The van der Waals surface area contributed by atoms with E-state index in [1.54, 1.807) is 18.3 Å². The molecule has 2 rings (SSSR count). The lowest BCUT2D eigenvalue weighted by molar-refractivity contribution is 1.42. The lowest BCUT2D eigenvalue weighted by atomic mass is 10.2. The van der Waals surface area contributed by atoms with E-state index in [0.29, 0.717) is 20.2 Å². The number of halogens is 3. The summed E-state index contributed by atoms with van der Waals surface area (Å²) >= 11 is 19.2. The van der Waals surface area contributed by atoms with Crippen molar-refractivity contribution in [1.29, 1.82) is 0 Å². The van der Waals surface area contributed by atoms with Crippen LogP contribution >= 0.6 is 46.1 Å². The van der Waals surface area contributed by atoms with Crippen molar-refractivity contribution < 1.29 is 0 Å². The van der Waals surface area contributed by atoms with Crippen LogP contribution in [0, 0.1) is 0 Å². The number of rotatable bonds is 1. The smallest absolute Gasteiger partial charge is 0.180 e. The van der Waals surface area contributed by atoms with Gasteiger partial charge >= 0.3 is 0 Å². The van der Waals surface area contributed by atoms with E-state index in [2.05, 4.69) is 4.98 Å². The molecule has 6 heteroatoms. The summed E-state index contributed by atoms with van der Waals surface area (Å²) in [5.41, 5.74) is 6.26. The van der Waals surface area contributed by atoms with Crippen LogP contribution in [0.1, 0.15) is 0 Å². The molecule has 0 fully saturated rings. The van der Waals surface area contributed by atoms with Crippen molar-refractivity contribution >= 4 is 51.3 Å². The Morgan fingerprint density at radius 3 is 2.20 bits per heavy atom. The molecule has 0 radical (unpaired) electrons. The predicted octanol–water partition coefficient (Wildman–Crippen LogP) is 4.35. The van der Waals surface area contributed by atoms with Crippen molar-refractivity contribution in [2.45, 2.75) is 0 Å². The summed E-state index contributed by atoms with van der Waals surface area (Å²) in [4.78, 5) is 4.78. The Morgan fingerprint density at radius 2 is 1.73 bits per heavy atom. The van der Waals surface area contributed by atoms with Crippen molar-refractivity contribution in [3.8, 4) is 10.4 Å². The third kappa shape index (κ3) is 2.21. The van der Waals surface area contributed by atoms with Gasteiger partial charge in [0.05, 0.1) is 14.9 Å².